The summed E-state index contributed by atoms with van der Waals surface area (Å²) in [5.41, 5.74) is 1.52. The van der Waals surface area contributed by atoms with Gasteiger partial charge in [-0.05, 0) is 44.0 Å². The lowest BCUT2D eigenvalue weighted by molar-refractivity contribution is -0.120. The minimum Gasteiger partial charge on any atom is -0.352 e. The number of carbonyl (C=O) groups is 1. The van der Waals surface area contributed by atoms with Crippen molar-refractivity contribution in [2.75, 3.05) is 0 Å². The van der Waals surface area contributed by atoms with Crippen molar-refractivity contribution in [1.82, 2.24) is 15.5 Å². The molecule has 1 aromatic heterocycles. The van der Waals surface area contributed by atoms with Gasteiger partial charge in [0, 0.05) is 22.4 Å². The number of benzene rings is 2. The lowest BCUT2D eigenvalue weighted by atomic mass is 10.1. The normalized spacial score (nSPS) is 15.6. The predicted octanol–water partition coefficient (Wildman–Crippen LogP) is 4.98. The standard InChI is InChI=1S/C22H22FN3OS/c1-14(21(27)24-17-6-2-3-7-17)28-22-19-9-5-4-8-18(19)20(25-26-22)15-10-12-16(23)13-11-15/h4-5,8-14,17H,2-3,6-7H2,1H3,(H,24,27)/t14-/m1/s1. The highest BCUT2D eigenvalue weighted by Crippen LogP contribution is 2.33. The Balaban J connectivity index is 1.60. The summed E-state index contributed by atoms with van der Waals surface area (Å²) in [6.45, 7) is 1.90. The number of thioether (sulfide) groups is 1. The van der Waals surface area contributed by atoms with Crippen molar-refractivity contribution in [1.29, 1.82) is 0 Å². The first kappa shape index (κ1) is 18.9. The lowest BCUT2D eigenvalue weighted by Gasteiger charge is -2.17. The molecule has 0 unspecified atom stereocenters. The van der Waals surface area contributed by atoms with Gasteiger partial charge in [-0.1, -0.05) is 48.9 Å². The molecule has 1 amide bonds. The highest BCUT2D eigenvalue weighted by molar-refractivity contribution is 8.00. The van der Waals surface area contributed by atoms with E-state index in [0.717, 1.165) is 34.2 Å². The highest BCUT2D eigenvalue weighted by atomic mass is 32.2. The summed E-state index contributed by atoms with van der Waals surface area (Å²) in [7, 11) is 0. The Morgan fingerprint density at radius 1 is 1.07 bits per heavy atom. The third-order valence-corrected chi connectivity index (χ3v) is 6.22. The van der Waals surface area contributed by atoms with Crippen molar-refractivity contribution in [3.8, 4) is 11.3 Å². The van der Waals surface area contributed by atoms with E-state index in [-0.39, 0.29) is 17.0 Å². The second kappa shape index (κ2) is 8.27. The molecule has 6 heteroatoms. The molecule has 1 N–H and O–H groups in total. The van der Waals surface area contributed by atoms with Gasteiger partial charge < -0.3 is 5.32 Å². The zero-order valence-corrected chi connectivity index (χ0v) is 16.5. The van der Waals surface area contributed by atoms with E-state index in [0.29, 0.717) is 11.7 Å². The summed E-state index contributed by atoms with van der Waals surface area (Å²) in [6, 6.07) is 14.4. The molecule has 1 atom stereocenters. The summed E-state index contributed by atoms with van der Waals surface area (Å²) in [6.07, 6.45) is 4.51. The molecule has 1 heterocycles. The van der Waals surface area contributed by atoms with E-state index in [9.17, 15) is 9.18 Å². The zero-order chi connectivity index (χ0) is 19.5. The number of hydrogen-bond acceptors (Lipinski definition) is 4. The van der Waals surface area contributed by atoms with Crippen LogP contribution in [0, 0.1) is 5.82 Å². The van der Waals surface area contributed by atoms with Gasteiger partial charge in [0.1, 0.15) is 16.5 Å². The molecule has 0 saturated heterocycles. The fraction of sp³-hybridized carbons (Fsp3) is 0.318. The first-order valence-corrected chi connectivity index (χ1v) is 10.5. The van der Waals surface area contributed by atoms with Crippen LogP contribution in [0.3, 0.4) is 0 Å². The van der Waals surface area contributed by atoms with Gasteiger partial charge in [0.2, 0.25) is 5.91 Å². The van der Waals surface area contributed by atoms with Crippen molar-refractivity contribution in [2.24, 2.45) is 0 Å². The fourth-order valence-corrected chi connectivity index (χ4v) is 4.50. The topological polar surface area (TPSA) is 54.9 Å². The van der Waals surface area contributed by atoms with E-state index in [2.05, 4.69) is 15.5 Å². The van der Waals surface area contributed by atoms with Crippen LogP contribution >= 0.6 is 11.8 Å². The Labute approximate surface area is 167 Å². The molecule has 0 radical (unpaired) electrons. The average molecular weight is 396 g/mol. The van der Waals surface area contributed by atoms with Crippen molar-refractivity contribution < 1.29 is 9.18 Å². The van der Waals surface area contributed by atoms with Crippen LogP contribution in [-0.4, -0.2) is 27.4 Å². The van der Waals surface area contributed by atoms with Gasteiger partial charge in [0.05, 0.1) is 5.25 Å². The largest absolute Gasteiger partial charge is 0.352 e. The van der Waals surface area contributed by atoms with Gasteiger partial charge in [0.15, 0.2) is 0 Å². The second-order valence-electron chi connectivity index (χ2n) is 7.16. The van der Waals surface area contributed by atoms with E-state index in [1.807, 2.05) is 31.2 Å². The summed E-state index contributed by atoms with van der Waals surface area (Å²) < 4.78 is 13.3. The number of amides is 1. The maximum Gasteiger partial charge on any atom is 0.233 e. The number of fused-ring (bicyclic) bond motifs is 1. The van der Waals surface area contributed by atoms with Crippen LogP contribution in [0.25, 0.3) is 22.0 Å². The Bertz CT molecular complexity index is 987. The van der Waals surface area contributed by atoms with Gasteiger partial charge in [-0.2, -0.15) is 0 Å². The summed E-state index contributed by atoms with van der Waals surface area (Å²) in [4.78, 5) is 12.5. The predicted molar refractivity (Wildman–Crippen MR) is 111 cm³/mol. The van der Waals surface area contributed by atoms with E-state index in [4.69, 9.17) is 0 Å². The molecule has 4 rings (SSSR count). The Morgan fingerprint density at radius 3 is 2.46 bits per heavy atom. The number of hydrogen-bond donors (Lipinski definition) is 1. The first-order valence-electron chi connectivity index (χ1n) is 9.60. The van der Waals surface area contributed by atoms with Crippen LogP contribution in [0.5, 0.6) is 0 Å². The number of rotatable bonds is 5. The average Bonchev–Trinajstić information content (AvgIpc) is 3.22. The van der Waals surface area contributed by atoms with Crippen LogP contribution < -0.4 is 5.32 Å². The number of aromatic nitrogens is 2. The van der Waals surface area contributed by atoms with Crippen LogP contribution in [0.1, 0.15) is 32.6 Å². The number of halogens is 1. The van der Waals surface area contributed by atoms with Gasteiger partial charge in [-0.25, -0.2) is 4.39 Å². The molecule has 1 aliphatic rings. The molecule has 144 valence electrons. The fourth-order valence-electron chi connectivity index (χ4n) is 3.60. The van der Waals surface area contributed by atoms with Crippen molar-refractivity contribution >= 4 is 28.4 Å². The molecular weight excluding hydrogens is 373 g/mol. The third-order valence-electron chi connectivity index (χ3n) is 5.13. The highest BCUT2D eigenvalue weighted by Gasteiger charge is 2.23. The van der Waals surface area contributed by atoms with Gasteiger partial charge in [-0.3, -0.25) is 4.79 Å². The van der Waals surface area contributed by atoms with Gasteiger partial charge in [0.25, 0.3) is 0 Å². The SMILES string of the molecule is C[C@@H](Sc1nnc(-c2ccc(F)cc2)c2ccccc12)C(=O)NC1CCCC1. The maximum atomic E-state index is 13.3. The number of nitrogens with zero attached hydrogens (tertiary/aromatic N) is 2. The molecule has 1 saturated carbocycles. The Kier molecular flexibility index (Phi) is 5.57. The zero-order valence-electron chi connectivity index (χ0n) is 15.7. The van der Waals surface area contributed by atoms with Gasteiger partial charge in [-0.15, -0.1) is 10.2 Å². The molecule has 0 aliphatic heterocycles. The van der Waals surface area contributed by atoms with E-state index < -0.39 is 0 Å². The van der Waals surface area contributed by atoms with Crippen molar-refractivity contribution in [3.05, 3.63) is 54.3 Å². The minimum absolute atomic E-state index is 0.0467. The third kappa shape index (κ3) is 4.02. The second-order valence-corrected chi connectivity index (χ2v) is 8.49. The van der Waals surface area contributed by atoms with Crippen LogP contribution in [-0.2, 0) is 4.79 Å². The molecule has 1 aliphatic carbocycles. The molecule has 1 fully saturated rings. The Morgan fingerprint density at radius 2 is 1.75 bits per heavy atom. The monoisotopic (exact) mass is 395 g/mol. The summed E-state index contributed by atoms with van der Waals surface area (Å²) in [5.74, 6) is -0.235. The molecule has 28 heavy (non-hydrogen) atoms. The van der Waals surface area contributed by atoms with E-state index in [1.54, 1.807) is 12.1 Å². The molecular formula is C22H22FN3OS. The minimum atomic E-state index is -0.282. The summed E-state index contributed by atoms with van der Waals surface area (Å²) in [5, 5.41) is 14.3. The molecule has 3 aromatic rings. The van der Waals surface area contributed by atoms with Crippen molar-refractivity contribution in [2.45, 2.75) is 48.9 Å². The van der Waals surface area contributed by atoms with E-state index in [1.165, 1.54) is 36.7 Å². The number of carbonyl (C=O) groups excluding carboxylic acids is 1. The summed E-state index contributed by atoms with van der Waals surface area (Å²) >= 11 is 1.43. The van der Waals surface area contributed by atoms with Crippen LogP contribution in [0.15, 0.2) is 53.6 Å². The smallest absolute Gasteiger partial charge is 0.233 e. The lowest BCUT2D eigenvalue weighted by Crippen LogP contribution is -2.37. The molecule has 0 bridgehead atoms. The molecule has 2 aromatic carbocycles. The van der Waals surface area contributed by atoms with E-state index >= 15 is 0 Å². The van der Waals surface area contributed by atoms with Crippen LogP contribution in [0.4, 0.5) is 4.39 Å². The first-order chi connectivity index (χ1) is 13.6. The number of nitrogens with one attached hydrogen (secondary N) is 1. The molecule has 4 nitrogen and oxygen atoms in total. The van der Waals surface area contributed by atoms with Crippen LogP contribution in [0.2, 0.25) is 0 Å². The van der Waals surface area contributed by atoms with Gasteiger partial charge >= 0.3 is 0 Å². The molecule has 0 spiro atoms. The quantitative estimate of drug-likeness (QED) is 0.620. The Hall–Kier alpha value is -2.47. The van der Waals surface area contributed by atoms with Crippen molar-refractivity contribution in [3.63, 3.8) is 0 Å². The maximum absolute atomic E-state index is 13.3.